The minimum absolute atomic E-state index is 0.0372. The Morgan fingerprint density at radius 1 is 0.875 bits per heavy atom. The molecule has 0 aliphatic heterocycles. The van der Waals surface area contributed by atoms with Crippen LogP contribution < -0.4 is 10.1 Å². The first-order valence-electron chi connectivity index (χ1n) is 14.6. The van der Waals surface area contributed by atoms with Gasteiger partial charge in [0.25, 0.3) is 5.91 Å². The largest absolute Gasteiger partial charge is 0.484 e. The van der Waals surface area contributed by atoms with Gasteiger partial charge in [0.15, 0.2) is 6.61 Å². The number of hydrogen-bond acceptors (Lipinski definition) is 3. The average molecular weight is 541 g/mol. The third-order valence-corrected chi connectivity index (χ3v) is 7.78. The summed E-state index contributed by atoms with van der Waals surface area (Å²) in [5.74, 6) is 0.342. The predicted octanol–water partition coefficient (Wildman–Crippen LogP) is 6.76. The Morgan fingerprint density at radius 3 is 2.15 bits per heavy atom. The van der Waals surface area contributed by atoms with Crippen molar-refractivity contribution in [2.45, 2.75) is 90.3 Å². The highest BCUT2D eigenvalue weighted by Gasteiger charge is 2.32. The van der Waals surface area contributed by atoms with Crippen LogP contribution in [0.25, 0.3) is 0 Å². The monoisotopic (exact) mass is 540 g/mol. The predicted molar refractivity (Wildman–Crippen MR) is 161 cm³/mol. The molecule has 3 aromatic rings. The van der Waals surface area contributed by atoms with E-state index in [1.54, 1.807) is 4.90 Å². The van der Waals surface area contributed by atoms with E-state index in [1.165, 1.54) is 12.0 Å². The second-order valence-corrected chi connectivity index (χ2v) is 12.1. The summed E-state index contributed by atoms with van der Waals surface area (Å²) in [6.07, 6.45) is 5.89. The molecule has 1 N–H and O–H groups in total. The normalized spacial score (nSPS) is 14.8. The number of aryl methyl sites for hydroxylation is 1. The third kappa shape index (κ3) is 8.45. The van der Waals surface area contributed by atoms with Crippen molar-refractivity contribution < 1.29 is 14.3 Å². The molecule has 1 saturated carbocycles. The molecule has 0 aromatic heterocycles. The number of amides is 2. The maximum atomic E-state index is 13.9. The molecule has 0 saturated heterocycles. The van der Waals surface area contributed by atoms with Gasteiger partial charge in [0.1, 0.15) is 11.8 Å². The number of ether oxygens (including phenoxy) is 1. The van der Waals surface area contributed by atoms with Crippen molar-refractivity contribution in [2.24, 2.45) is 0 Å². The topological polar surface area (TPSA) is 58.6 Å². The second kappa shape index (κ2) is 13.6. The molecule has 5 heteroatoms. The van der Waals surface area contributed by atoms with Gasteiger partial charge < -0.3 is 15.0 Å². The van der Waals surface area contributed by atoms with Crippen molar-refractivity contribution in [3.63, 3.8) is 0 Å². The Hall–Kier alpha value is -3.60. The highest BCUT2D eigenvalue weighted by molar-refractivity contribution is 5.88. The first kappa shape index (κ1) is 29.4. The Kier molecular flexibility index (Phi) is 10.0. The third-order valence-electron chi connectivity index (χ3n) is 7.78. The number of nitrogens with zero attached hydrogens (tertiary/aromatic N) is 1. The van der Waals surface area contributed by atoms with Gasteiger partial charge in [-0.1, -0.05) is 112 Å². The summed E-state index contributed by atoms with van der Waals surface area (Å²) in [6.45, 7) is 8.74. The van der Waals surface area contributed by atoms with Gasteiger partial charge in [-0.05, 0) is 54.0 Å². The van der Waals surface area contributed by atoms with Gasteiger partial charge in [0, 0.05) is 19.0 Å². The standard InChI is InChI=1S/C35H44N2O3/c1-26-15-17-28(18-16-26)24-37(33(38)25-40-31-21-19-29(20-22-31)35(2,3)4)32(23-27-11-7-5-8-12-27)34(39)36-30-13-9-6-10-14-30/h5,7-8,11-12,15-22,30,32H,6,9-10,13-14,23-25H2,1-4H3,(H,36,39)/t32-/m0/s1. The van der Waals surface area contributed by atoms with Crippen molar-refractivity contribution in [3.05, 3.63) is 101 Å². The molecule has 0 unspecified atom stereocenters. The quantitative estimate of drug-likeness (QED) is 0.309. The molecule has 4 rings (SSSR count). The molecule has 3 aromatic carbocycles. The zero-order valence-electron chi connectivity index (χ0n) is 24.5. The van der Waals surface area contributed by atoms with Gasteiger partial charge in [-0.15, -0.1) is 0 Å². The summed E-state index contributed by atoms with van der Waals surface area (Å²) in [5.41, 5.74) is 4.40. The number of hydrogen-bond donors (Lipinski definition) is 1. The number of carbonyl (C=O) groups is 2. The molecule has 0 radical (unpaired) electrons. The van der Waals surface area contributed by atoms with E-state index < -0.39 is 6.04 Å². The summed E-state index contributed by atoms with van der Waals surface area (Å²) < 4.78 is 5.98. The lowest BCUT2D eigenvalue weighted by molar-refractivity contribution is -0.143. The Bertz CT molecular complexity index is 1220. The molecule has 0 spiro atoms. The minimum Gasteiger partial charge on any atom is -0.484 e. The smallest absolute Gasteiger partial charge is 0.261 e. The molecule has 40 heavy (non-hydrogen) atoms. The highest BCUT2D eigenvalue weighted by atomic mass is 16.5. The molecular weight excluding hydrogens is 496 g/mol. The molecule has 212 valence electrons. The number of nitrogens with one attached hydrogen (secondary N) is 1. The molecule has 1 aliphatic carbocycles. The van der Waals surface area contributed by atoms with Crippen LogP contribution in [0.15, 0.2) is 78.9 Å². The summed E-state index contributed by atoms with van der Waals surface area (Å²) in [7, 11) is 0. The fourth-order valence-electron chi connectivity index (χ4n) is 5.27. The highest BCUT2D eigenvalue weighted by Crippen LogP contribution is 2.25. The van der Waals surface area contributed by atoms with Crippen LogP contribution in [0.5, 0.6) is 5.75 Å². The fourth-order valence-corrected chi connectivity index (χ4v) is 5.27. The molecule has 5 nitrogen and oxygen atoms in total. The van der Waals surface area contributed by atoms with Crippen LogP contribution in [0.4, 0.5) is 0 Å². The molecule has 1 aliphatic rings. The zero-order chi connectivity index (χ0) is 28.5. The lowest BCUT2D eigenvalue weighted by Crippen LogP contribution is -2.53. The van der Waals surface area contributed by atoms with Crippen LogP contribution in [0.3, 0.4) is 0 Å². The van der Waals surface area contributed by atoms with E-state index in [9.17, 15) is 9.59 Å². The summed E-state index contributed by atoms with van der Waals surface area (Å²) in [4.78, 5) is 29.4. The first-order valence-corrected chi connectivity index (χ1v) is 14.6. The molecule has 0 bridgehead atoms. The zero-order valence-corrected chi connectivity index (χ0v) is 24.5. The van der Waals surface area contributed by atoms with Crippen molar-refractivity contribution in [1.29, 1.82) is 0 Å². The van der Waals surface area contributed by atoms with E-state index in [0.29, 0.717) is 18.7 Å². The van der Waals surface area contributed by atoms with Crippen LogP contribution in [0, 0.1) is 6.92 Å². The summed E-state index contributed by atoms with van der Waals surface area (Å²) in [6, 6.07) is 25.5. The van der Waals surface area contributed by atoms with Crippen LogP contribution in [-0.4, -0.2) is 35.4 Å². The molecule has 2 amide bonds. The van der Waals surface area contributed by atoms with E-state index in [0.717, 1.165) is 42.4 Å². The lowest BCUT2D eigenvalue weighted by Gasteiger charge is -2.33. The van der Waals surface area contributed by atoms with E-state index in [1.807, 2.05) is 85.8 Å². The van der Waals surface area contributed by atoms with E-state index in [-0.39, 0.29) is 29.9 Å². The van der Waals surface area contributed by atoms with Gasteiger partial charge in [-0.25, -0.2) is 0 Å². The van der Waals surface area contributed by atoms with Crippen molar-refractivity contribution in [1.82, 2.24) is 10.2 Å². The minimum atomic E-state index is -0.648. The first-order chi connectivity index (χ1) is 19.2. The van der Waals surface area contributed by atoms with Crippen molar-refractivity contribution in [2.75, 3.05) is 6.61 Å². The van der Waals surface area contributed by atoms with E-state index >= 15 is 0 Å². The number of rotatable bonds is 10. The van der Waals surface area contributed by atoms with Crippen molar-refractivity contribution >= 4 is 11.8 Å². The Labute approximate surface area is 239 Å². The maximum absolute atomic E-state index is 13.9. The van der Waals surface area contributed by atoms with Gasteiger partial charge in [-0.3, -0.25) is 9.59 Å². The molecular formula is C35H44N2O3. The fraction of sp³-hybridized carbons (Fsp3) is 0.429. The van der Waals surface area contributed by atoms with Gasteiger partial charge >= 0.3 is 0 Å². The van der Waals surface area contributed by atoms with Crippen LogP contribution in [0.2, 0.25) is 0 Å². The average Bonchev–Trinajstić information content (AvgIpc) is 2.95. The molecule has 1 fully saturated rings. The summed E-state index contributed by atoms with van der Waals surface area (Å²) in [5, 5.41) is 3.29. The SMILES string of the molecule is Cc1ccc(CN(C(=O)COc2ccc(C(C)(C)C)cc2)[C@@H](Cc2ccccc2)C(=O)NC2CCCCC2)cc1. The van der Waals surface area contributed by atoms with Gasteiger partial charge in [0.05, 0.1) is 0 Å². The number of benzene rings is 3. The maximum Gasteiger partial charge on any atom is 0.261 e. The Balaban J connectivity index is 1.58. The van der Waals surface area contributed by atoms with Crippen LogP contribution in [-0.2, 0) is 28.0 Å². The molecule has 0 heterocycles. The number of carbonyl (C=O) groups excluding carboxylic acids is 2. The lowest BCUT2D eigenvalue weighted by atomic mass is 9.87. The molecule has 1 atom stereocenters. The second-order valence-electron chi connectivity index (χ2n) is 12.1. The Morgan fingerprint density at radius 2 is 1.52 bits per heavy atom. The van der Waals surface area contributed by atoms with E-state index in [2.05, 4.69) is 26.1 Å². The van der Waals surface area contributed by atoms with Crippen LogP contribution in [0.1, 0.15) is 75.1 Å². The van der Waals surface area contributed by atoms with Crippen LogP contribution >= 0.6 is 0 Å². The van der Waals surface area contributed by atoms with Gasteiger partial charge in [-0.2, -0.15) is 0 Å². The van der Waals surface area contributed by atoms with Crippen molar-refractivity contribution in [3.8, 4) is 5.75 Å². The van der Waals surface area contributed by atoms with Gasteiger partial charge in [0.2, 0.25) is 5.91 Å². The summed E-state index contributed by atoms with van der Waals surface area (Å²) >= 11 is 0. The van der Waals surface area contributed by atoms with E-state index in [4.69, 9.17) is 4.74 Å².